The highest BCUT2D eigenvalue weighted by Crippen LogP contribution is 2.38. The van der Waals surface area contributed by atoms with Crippen LogP contribution in [-0.2, 0) is 13.6 Å². The molecule has 0 aliphatic heterocycles. The largest absolute Gasteiger partial charge is 0.394 e. The molecule has 1 fully saturated rings. The number of Topliss-reactive ketones (excluding diaryl/α,β-unsaturated/α-hetero) is 1. The Morgan fingerprint density at radius 2 is 1.77 bits per heavy atom. The van der Waals surface area contributed by atoms with Crippen LogP contribution in [0.5, 0.6) is 0 Å². The van der Waals surface area contributed by atoms with Crippen LogP contribution in [0.15, 0.2) is 30.3 Å². The Morgan fingerprint density at radius 3 is 2.36 bits per heavy atom. The molecular formula is C18H28O3Si. The fraction of sp³-hybridized carbons (Fsp3) is 0.611. The third kappa shape index (κ3) is 5.04. The highest BCUT2D eigenvalue weighted by molar-refractivity contribution is 6.64. The van der Waals surface area contributed by atoms with Gasteiger partial charge in [0.1, 0.15) is 5.78 Å². The van der Waals surface area contributed by atoms with E-state index in [9.17, 15) is 4.79 Å². The molecule has 0 heterocycles. The third-order valence-electron chi connectivity index (χ3n) is 3.93. The summed E-state index contributed by atoms with van der Waals surface area (Å²) in [4.78, 5) is 11.9. The van der Waals surface area contributed by atoms with Crippen molar-refractivity contribution in [3.05, 3.63) is 35.9 Å². The summed E-state index contributed by atoms with van der Waals surface area (Å²) in [5.41, 5.74) is 1.05. The lowest BCUT2D eigenvalue weighted by molar-refractivity contribution is -0.117. The lowest BCUT2D eigenvalue weighted by atomic mass is 9.90. The van der Waals surface area contributed by atoms with E-state index in [0.29, 0.717) is 25.2 Å². The molecule has 3 nitrogen and oxygen atoms in total. The molecule has 0 N–H and O–H groups in total. The second-order valence-corrected chi connectivity index (χ2v) is 10.9. The number of rotatable bonds is 5. The van der Waals surface area contributed by atoms with Gasteiger partial charge in [0.05, 0.1) is 5.60 Å². The van der Waals surface area contributed by atoms with Crippen molar-refractivity contribution in [2.24, 2.45) is 5.92 Å². The van der Waals surface area contributed by atoms with Crippen LogP contribution in [0.1, 0.15) is 45.1 Å². The van der Waals surface area contributed by atoms with Gasteiger partial charge in [-0.2, -0.15) is 0 Å². The van der Waals surface area contributed by atoms with Crippen molar-refractivity contribution >= 4 is 14.3 Å². The van der Waals surface area contributed by atoms with Crippen LogP contribution < -0.4 is 0 Å². The Bertz CT molecular complexity index is 505. The number of ketones is 1. The van der Waals surface area contributed by atoms with Gasteiger partial charge in [0.2, 0.25) is 0 Å². The van der Waals surface area contributed by atoms with Gasteiger partial charge < -0.3 is 8.85 Å². The Balaban J connectivity index is 2.00. The first-order chi connectivity index (χ1) is 10.2. The van der Waals surface area contributed by atoms with E-state index in [4.69, 9.17) is 8.85 Å². The average molecular weight is 321 g/mol. The molecule has 0 amide bonds. The summed E-state index contributed by atoms with van der Waals surface area (Å²) in [7, 11) is -2.17. The summed E-state index contributed by atoms with van der Waals surface area (Å²) in [6, 6.07) is 10.3. The van der Waals surface area contributed by atoms with E-state index in [1.165, 1.54) is 5.56 Å². The van der Waals surface area contributed by atoms with Gasteiger partial charge in [-0.3, -0.25) is 4.79 Å². The van der Waals surface area contributed by atoms with Crippen molar-refractivity contribution in [1.29, 1.82) is 0 Å². The fourth-order valence-corrected chi connectivity index (χ4v) is 5.42. The van der Waals surface area contributed by atoms with E-state index in [-0.39, 0.29) is 17.4 Å². The van der Waals surface area contributed by atoms with Crippen LogP contribution in [-0.4, -0.2) is 26.6 Å². The highest BCUT2D eigenvalue weighted by atomic mass is 28.4. The Labute approximate surface area is 135 Å². The molecule has 1 aromatic rings. The molecule has 1 aromatic carbocycles. The van der Waals surface area contributed by atoms with Crippen LogP contribution in [0.3, 0.4) is 0 Å². The molecule has 2 unspecified atom stereocenters. The summed E-state index contributed by atoms with van der Waals surface area (Å²) in [5, 5.41) is 0. The van der Waals surface area contributed by atoms with E-state index < -0.39 is 8.56 Å². The minimum atomic E-state index is -2.17. The first-order valence-corrected chi connectivity index (χ1v) is 10.9. The molecule has 0 aromatic heterocycles. The minimum Gasteiger partial charge on any atom is -0.394 e. The van der Waals surface area contributed by atoms with Gasteiger partial charge in [-0.1, -0.05) is 30.3 Å². The molecule has 22 heavy (non-hydrogen) atoms. The van der Waals surface area contributed by atoms with Gasteiger partial charge >= 0.3 is 8.56 Å². The average Bonchev–Trinajstić information content (AvgIpc) is 2.76. The number of carbonyl (C=O) groups excluding carboxylic acids is 1. The molecule has 0 radical (unpaired) electrons. The zero-order chi connectivity index (χ0) is 16.4. The SMILES string of the molecule is CC(C)(C)O[Si](C)(C)OCC1CC(=O)CC1c1ccccc1. The van der Waals surface area contributed by atoms with Crippen molar-refractivity contribution in [3.8, 4) is 0 Å². The molecule has 0 spiro atoms. The van der Waals surface area contributed by atoms with Gasteiger partial charge in [0.25, 0.3) is 0 Å². The smallest absolute Gasteiger partial charge is 0.332 e. The quantitative estimate of drug-likeness (QED) is 0.760. The fourth-order valence-electron chi connectivity index (χ4n) is 3.27. The molecule has 2 atom stereocenters. The maximum atomic E-state index is 11.9. The lowest BCUT2D eigenvalue weighted by Crippen LogP contribution is -2.43. The predicted molar refractivity (Wildman–Crippen MR) is 91.2 cm³/mol. The van der Waals surface area contributed by atoms with Crippen molar-refractivity contribution in [2.75, 3.05) is 6.61 Å². The maximum Gasteiger partial charge on any atom is 0.332 e. The number of benzene rings is 1. The number of carbonyl (C=O) groups is 1. The second kappa shape index (κ2) is 6.65. The van der Waals surface area contributed by atoms with Gasteiger partial charge in [0, 0.05) is 19.4 Å². The summed E-state index contributed by atoms with van der Waals surface area (Å²) in [5.74, 6) is 0.900. The Morgan fingerprint density at radius 1 is 1.14 bits per heavy atom. The zero-order valence-corrected chi connectivity index (χ0v) is 15.4. The second-order valence-electron chi connectivity index (χ2n) is 7.65. The van der Waals surface area contributed by atoms with E-state index in [0.717, 1.165) is 0 Å². The van der Waals surface area contributed by atoms with E-state index in [1.807, 2.05) is 18.2 Å². The van der Waals surface area contributed by atoms with Crippen LogP contribution in [0.4, 0.5) is 0 Å². The molecule has 1 aliphatic carbocycles. The van der Waals surface area contributed by atoms with Crippen molar-refractivity contribution in [1.82, 2.24) is 0 Å². The first-order valence-electron chi connectivity index (χ1n) is 8.07. The van der Waals surface area contributed by atoms with Crippen molar-refractivity contribution in [3.63, 3.8) is 0 Å². The van der Waals surface area contributed by atoms with Gasteiger partial charge in [-0.15, -0.1) is 0 Å². The molecule has 2 rings (SSSR count). The topological polar surface area (TPSA) is 35.5 Å². The van der Waals surface area contributed by atoms with Crippen LogP contribution in [0, 0.1) is 5.92 Å². The normalized spacial score (nSPS) is 23.0. The van der Waals surface area contributed by atoms with Crippen LogP contribution >= 0.6 is 0 Å². The van der Waals surface area contributed by atoms with E-state index in [1.54, 1.807) is 0 Å². The maximum absolute atomic E-state index is 11.9. The summed E-state index contributed by atoms with van der Waals surface area (Å²) in [6.07, 6.45) is 1.26. The van der Waals surface area contributed by atoms with E-state index >= 15 is 0 Å². The van der Waals surface area contributed by atoms with Gasteiger partial charge in [0.15, 0.2) is 0 Å². The predicted octanol–water partition coefficient (Wildman–Crippen LogP) is 4.28. The monoisotopic (exact) mass is 320 g/mol. The number of hydrogen-bond donors (Lipinski definition) is 0. The highest BCUT2D eigenvalue weighted by Gasteiger charge is 2.37. The Hall–Kier alpha value is -0.973. The van der Waals surface area contributed by atoms with Gasteiger partial charge in [-0.25, -0.2) is 0 Å². The summed E-state index contributed by atoms with van der Waals surface area (Å²) >= 11 is 0. The Kier molecular flexibility index (Phi) is 5.25. The third-order valence-corrected chi connectivity index (χ3v) is 5.90. The minimum absolute atomic E-state index is 0.194. The zero-order valence-electron chi connectivity index (χ0n) is 14.4. The summed E-state index contributed by atoms with van der Waals surface area (Å²) in [6.45, 7) is 10.9. The van der Waals surface area contributed by atoms with Gasteiger partial charge in [-0.05, 0) is 51.3 Å². The molecule has 1 saturated carbocycles. The first kappa shape index (κ1) is 17.4. The van der Waals surface area contributed by atoms with Crippen molar-refractivity contribution in [2.45, 2.75) is 58.2 Å². The molecule has 4 heteroatoms. The van der Waals surface area contributed by atoms with Crippen molar-refractivity contribution < 1.29 is 13.6 Å². The van der Waals surface area contributed by atoms with E-state index in [2.05, 4.69) is 46.0 Å². The molecule has 0 bridgehead atoms. The molecule has 122 valence electrons. The van der Waals surface area contributed by atoms with Crippen LogP contribution in [0.2, 0.25) is 13.1 Å². The number of hydrogen-bond acceptors (Lipinski definition) is 3. The lowest BCUT2D eigenvalue weighted by Gasteiger charge is -2.33. The molecular weight excluding hydrogens is 292 g/mol. The van der Waals surface area contributed by atoms with Crippen LogP contribution in [0.25, 0.3) is 0 Å². The molecule has 1 aliphatic rings. The summed E-state index contributed by atoms with van der Waals surface area (Å²) < 4.78 is 12.2. The molecule has 0 saturated heterocycles. The standard InChI is InChI=1S/C18H28O3Si/c1-18(2,3)21-22(4,5)20-13-15-11-16(19)12-17(15)14-9-7-6-8-10-14/h6-10,15,17H,11-13H2,1-5H3.